The van der Waals surface area contributed by atoms with Crippen LogP contribution in [0.3, 0.4) is 0 Å². The van der Waals surface area contributed by atoms with E-state index in [0.29, 0.717) is 31.0 Å². The van der Waals surface area contributed by atoms with Crippen molar-refractivity contribution in [3.05, 3.63) is 65.2 Å². The number of benzene rings is 2. The number of carbonyl (C=O) groups excluding carboxylic acids is 1. The molecule has 1 N–H and O–H groups in total. The van der Waals surface area contributed by atoms with Gasteiger partial charge in [-0.05, 0) is 42.7 Å². The summed E-state index contributed by atoms with van der Waals surface area (Å²) in [5, 5.41) is 3.40. The lowest BCUT2D eigenvalue weighted by Gasteiger charge is -2.31. The SMILES string of the molecule is O=C(NCc1ccccc1)[C@H]1CCCN(S(=O)(=O)c2ccc(Cl)cc2)C1. The van der Waals surface area contributed by atoms with Crippen LogP contribution in [0.4, 0.5) is 0 Å². The van der Waals surface area contributed by atoms with Crippen LogP contribution >= 0.6 is 11.6 Å². The maximum atomic E-state index is 12.8. The normalized spacial score (nSPS) is 18.4. The third kappa shape index (κ3) is 4.44. The first-order valence-electron chi connectivity index (χ1n) is 8.54. The van der Waals surface area contributed by atoms with Crippen LogP contribution in [0.2, 0.25) is 5.02 Å². The largest absolute Gasteiger partial charge is 0.352 e. The van der Waals surface area contributed by atoms with Gasteiger partial charge in [0.1, 0.15) is 0 Å². The molecule has 1 fully saturated rings. The van der Waals surface area contributed by atoms with E-state index in [9.17, 15) is 13.2 Å². The van der Waals surface area contributed by atoms with Gasteiger partial charge in [-0.25, -0.2) is 8.42 Å². The number of nitrogens with one attached hydrogen (secondary N) is 1. The predicted octanol–water partition coefficient (Wildman–Crippen LogP) is 3.06. The van der Waals surface area contributed by atoms with Gasteiger partial charge in [-0.2, -0.15) is 4.31 Å². The van der Waals surface area contributed by atoms with Crippen LogP contribution in [0.15, 0.2) is 59.5 Å². The lowest BCUT2D eigenvalue weighted by molar-refractivity contribution is -0.126. The van der Waals surface area contributed by atoms with E-state index < -0.39 is 10.0 Å². The van der Waals surface area contributed by atoms with Crippen LogP contribution in [0.5, 0.6) is 0 Å². The molecule has 7 heteroatoms. The average Bonchev–Trinajstić information content (AvgIpc) is 2.67. The highest BCUT2D eigenvalue weighted by Crippen LogP contribution is 2.25. The first-order chi connectivity index (χ1) is 12.5. The van der Waals surface area contributed by atoms with Crippen LogP contribution in [0.25, 0.3) is 0 Å². The lowest BCUT2D eigenvalue weighted by Crippen LogP contribution is -2.45. The minimum Gasteiger partial charge on any atom is -0.352 e. The second-order valence-electron chi connectivity index (χ2n) is 6.36. The van der Waals surface area contributed by atoms with Crippen molar-refractivity contribution in [3.63, 3.8) is 0 Å². The summed E-state index contributed by atoms with van der Waals surface area (Å²) in [6.07, 6.45) is 1.35. The Bertz CT molecular complexity index is 854. The number of carbonyl (C=O) groups is 1. The Morgan fingerprint density at radius 2 is 1.81 bits per heavy atom. The molecule has 0 unspecified atom stereocenters. The monoisotopic (exact) mass is 392 g/mol. The Morgan fingerprint density at radius 1 is 1.12 bits per heavy atom. The van der Waals surface area contributed by atoms with Gasteiger partial charge >= 0.3 is 0 Å². The summed E-state index contributed by atoms with van der Waals surface area (Å²) < 4.78 is 27.0. The van der Waals surface area contributed by atoms with Crippen LogP contribution in [0, 0.1) is 5.92 Å². The van der Waals surface area contributed by atoms with E-state index in [1.165, 1.54) is 16.4 Å². The zero-order chi connectivity index (χ0) is 18.6. The van der Waals surface area contributed by atoms with E-state index in [4.69, 9.17) is 11.6 Å². The van der Waals surface area contributed by atoms with Gasteiger partial charge in [-0.1, -0.05) is 41.9 Å². The van der Waals surface area contributed by atoms with Crippen LogP contribution < -0.4 is 5.32 Å². The number of amides is 1. The van der Waals surface area contributed by atoms with E-state index in [-0.39, 0.29) is 23.3 Å². The van der Waals surface area contributed by atoms with Crippen molar-refractivity contribution in [2.75, 3.05) is 13.1 Å². The Balaban J connectivity index is 1.64. The topological polar surface area (TPSA) is 66.5 Å². The third-order valence-electron chi connectivity index (χ3n) is 4.52. The van der Waals surface area contributed by atoms with Gasteiger partial charge < -0.3 is 5.32 Å². The minimum absolute atomic E-state index is 0.107. The number of sulfonamides is 1. The standard InChI is InChI=1S/C19H21ClN2O3S/c20-17-8-10-18(11-9-17)26(24,25)22-12-4-7-16(14-22)19(23)21-13-15-5-2-1-3-6-15/h1-3,5-6,8-11,16H,4,7,12-14H2,(H,21,23)/t16-/m0/s1. The highest BCUT2D eigenvalue weighted by Gasteiger charge is 2.33. The molecular weight excluding hydrogens is 372 g/mol. The zero-order valence-electron chi connectivity index (χ0n) is 14.3. The van der Waals surface area contributed by atoms with Gasteiger partial charge in [0.15, 0.2) is 0 Å². The summed E-state index contributed by atoms with van der Waals surface area (Å²) in [5.41, 5.74) is 1.02. The number of piperidine rings is 1. The van der Waals surface area contributed by atoms with Gasteiger partial charge in [0.05, 0.1) is 10.8 Å². The highest BCUT2D eigenvalue weighted by atomic mass is 35.5. The van der Waals surface area contributed by atoms with E-state index >= 15 is 0 Å². The molecule has 1 saturated heterocycles. The first kappa shape index (κ1) is 18.9. The molecule has 0 radical (unpaired) electrons. The molecule has 5 nitrogen and oxygen atoms in total. The molecule has 0 aromatic heterocycles. The molecular formula is C19H21ClN2O3S. The van der Waals surface area contributed by atoms with Crippen molar-refractivity contribution in [2.24, 2.45) is 5.92 Å². The molecule has 0 bridgehead atoms. The number of halogens is 1. The fourth-order valence-electron chi connectivity index (χ4n) is 3.06. The zero-order valence-corrected chi connectivity index (χ0v) is 15.8. The molecule has 1 atom stereocenters. The van der Waals surface area contributed by atoms with Crippen molar-refractivity contribution < 1.29 is 13.2 Å². The van der Waals surface area contributed by atoms with Crippen molar-refractivity contribution in [1.82, 2.24) is 9.62 Å². The summed E-state index contributed by atoms with van der Waals surface area (Å²) in [6, 6.07) is 15.8. The van der Waals surface area contributed by atoms with Crippen LogP contribution in [0.1, 0.15) is 18.4 Å². The molecule has 1 aliphatic rings. The van der Waals surface area contributed by atoms with E-state index in [1.807, 2.05) is 30.3 Å². The smallest absolute Gasteiger partial charge is 0.243 e. The Morgan fingerprint density at radius 3 is 2.50 bits per heavy atom. The number of hydrogen-bond acceptors (Lipinski definition) is 3. The van der Waals surface area contributed by atoms with E-state index in [0.717, 1.165) is 5.56 Å². The summed E-state index contributed by atoms with van der Waals surface area (Å²) in [5.74, 6) is -0.445. The molecule has 3 rings (SSSR count). The maximum Gasteiger partial charge on any atom is 0.243 e. The summed E-state index contributed by atoms with van der Waals surface area (Å²) >= 11 is 5.84. The lowest BCUT2D eigenvalue weighted by atomic mass is 9.99. The number of rotatable bonds is 5. The van der Waals surface area contributed by atoms with Crippen molar-refractivity contribution in [2.45, 2.75) is 24.3 Å². The Kier molecular flexibility index (Phi) is 5.96. The molecule has 2 aromatic carbocycles. The highest BCUT2D eigenvalue weighted by molar-refractivity contribution is 7.89. The molecule has 2 aromatic rings. The van der Waals surface area contributed by atoms with Gasteiger partial charge in [0, 0.05) is 24.7 Å². The van der Waals surface area contributed by atoms with Gasteiger partial charge in [0.2, 0.25) is 15.9 Å². The van der Waals surface area contributed by atoms with Crippen LogP contribution in [-0.2, 0) is 21.4 Å². The van der Waals surface area contributed by atoms with Crippen molar-refractivity contribution in [3.8, 4) is 0 Å². The predicted molar refractivity (Wildman–Crippen MR) is 101 cm³/mol. The Labute approximate surface area is 159 Å². The van der Waals surface area contributed by atoms with Gasteiger partial charge in [-0.15, -0.1) is 0 Å². The molecule has 0 spiro atoms. The molecule has 1 heterocycles. The molecule has 1 aliphatic heterocycles. The molecule has 0 saturated carbocycles. The second kappa shape index (κ2) is 8.20. The van der Waals surface area contributed by atoms with Crippen molar-refractivity contribution >= 4 is 27.5 Å². The first-order valence-corrected chi connectivity index (χ1v) is 10.4. The summed E-state index contributed by atoms with van der Waals surface area (Å²) in [6.45, 7) is 1.07. The van der Waals surface area contributed by atoms with Crippen LogP contribution in [-0.4, -0.2) is 31.7 Å². The molecule has 138 valence electrons. The fraction of sp³-hybridized carbons (Fsp3) is 0.316. The number of nitrogens with zero attached hydrogens (tertiary/aromatic N) is 1. The minimum atomic E-state index is -3.62. The Hall–Kier alpha value is -1.89. The van der Waals surface area contributed by atoms with E-state index in [2.05, 4.69) is 5.32 Å². The van der Waals surface area contributed by atoms with Gasteiger partial charge in [0.25, 0.3) is 0 Å². The number of hydrogen-bond donors (Lipinski definition) is 1. The fourth-order valence-corrected chi connectivity index (χ4v) is 4.71. The summed E-state index contributed by atoms with van der Waals surface area (Å²) in [4.78, 5) is 12.7. The molecule has 1 amide bonds. The third-order valence-corrected chi connectivity index (χ3v) is 6.65. The quantitative estimate of drug-likeness (QED) is 0.850. The summed E-state index contributed by atoms with van der Waals surface area (Å²) in [7, 11) is -3.62. The van der Waals surface area contributed by atoms with Gasteiger partial charge in [-0.3, -0.25) is 4.79 Å². The molecule has 0 aliphatic carbocycles. The molecule has 26 heavy (non-hydrogen) atoms. The second-order valence-corrected chi connectivity index (χ2v) is 8.73. The average molecular weight is 393 g/mol. The maximum absolute atomic E-state index is 12.8. The van der Waals surface area contributed by atoms with Crippen molar-refractivity contribution in [1.29, 1.82) is 0 Å². The van der Waals surface area contributed by atoms with E-state index in [1.54, 1.807) is 12.1 Å².